The summed E-state index contributed by atoms with van der Waals surface area (Å²) in [5.41, 5.74) is 2.94. The van der Waals surface area contributed by atoms with E-state index in [1.807, 2.05) is 43.3 Å². The fourth-order valence-corrected chi connectivity index (χ4v) is 3.25. The lowest BCUT2D eigenvalue weighted by Crippen LogP contribution is -2.09. The number of benzene rings is 2. The lowest BCUT2D eigenvalue weighted by Gasteiger charge is -2.09. The molecular weight excluding hydrogens is 374 g/mol. The van der Waals surface area contributed by atoms with Gasteiger partial charge in [0, 0.05) is 23.2 Å². The second kappa shape index (κ2) is 9.75. The number of rotatable bonds is 7. The van der Waals surface area contributed by atoms with Crippen LogP contribution in [0.25, 0.3) is 0 Å². The molecule has 144 valence electrons. The van der Waals surface area contributed by atoms with Gasteiger partial charge in [0.1, 0.15) is 11.6 Å². The molecule has 0 atom stereocenters. The number of carbonyl (C=O) groups excluding carboxylic acids is 1. The summed E-state index contributed by atoms with van der Waals surface area (Å²) in [5, 5.41) is 3.97. The second-order valence-corrected chi connectivity index (χ2v) is 6.83. The molecule has 1 N–H and O–H groups in total. The van der Waals surface area contributed by atoms with E-state index in [1.165, 1.54) is 5.56 Å². The van der Waals surface area contributed by atoms with Crippen molar-refractivity contribution in [3.8, 4) is 5.75 Å². The smallest absolute Gasteiger partial charge is 0.434 e. The van der Waals surface area contributed by atoms with Crippen LogP contribution in [0.5, 0.6) is 5.75 Å². The minimum Gasteiger partial charge on any atom is -0.434 e. The third kappa shape index (κ3) is 5.99. The summed E-state index contributed by atoms with van der Waals surface area (Å²) >= 11 is 1.59. The van der Waals surface area contributed by atoms with Crippen LogP contribution in [0.15, 0.2) is 65.8 Å². The van der Waals surface area contributed by atoms with Crippen molar-refractivity contribution < 1.29 is 14.3 Å². The maximum absolute atomic E-state index is 11.3. The Morgan fingerprint density at radius 3 is 2.54 bits per heavy atom. The van der Waals surface area contributed by atoms with Crippen LogP contribution >= 0.6 is 11.8 Å². The summed E-state index contributed by atoms with van der Waals surface area (Å²) in [6.45, 7) is 3.94. The average Bonchev–Trinajstić information content (AvgIpc) is 2.68. The lowest BCUT2D eigenvalue weighted by molar-refractivity contribution is 0.104. The van der Waals surface area contributed by atoms with Crippen molar-refractivity contribution in [1.29, 1.82) is 0 Å². The Hall–Kier alpha value is -3.06. The molecule has 28 heavy (non-hydrogen) atoms. The van der Waals surface area contributed by atoms with Crippen LogP contribution in [-0.2, 0) is 10.5 Å². The third-order valence-corrected chi connectivity index (χ3v) is 4.55. The number of carbonyl (C=O) groups is 1. The van der Waals surface area contributed by atoms with Gasteiger partial charge in [-0.2, -0.15) is 0 Å². The number of aromatic nitrogens is 2. The van der Waals surface area contributed by atoms with E-state index in [2.05, 4.69) is 27.4 Å². The zero-order chi connectivity index (χ0) is 19.8. The molecule has 1 aromatic heterocycles. The molecule has 0 unspecified atom stereocenters. The summed E-state index contributed by atoms with van der Waals surface area (Å²) in [4.78, 5) is 20.4. The van der Waals surface area contributed by atoms with Crippen molar-refractivity contribution >= 4 is 29.4 Å². The van der Waals surface area contributed by atoms with E-state index in [4.69, 9.17) is 9.47 Å². The normalized spacial score (nSPS) is 10.4. The zero-order valence-corrected chi connectivity index (χ0v) is 16.5. The summed E-state index contributed by atoms with van der Waals surface area (Å²) in [6, 6.07) is 19.1. The molecule has 3 aromatic rings. The van der Waals surface area contributed by atoms with Gasteiger partial charge in [-0.25, -0.2) is 14.8 Å². The highest BCUT2D eigenvalue weighted by molar-refractivity contribution is 7.98. The highest BCUT2D eigenvalue weighted by Gasteiger charge is 2.07. The van der Waals surface area contributed by atoms with E-state index < -0.39 is 6.16 Å². The van der Waals surface area contributed by atoms with Crippen molar-refractivity contribution in [2.24, 2.45) is 0 Å². The Labute approximate surface area is 168 Å². The van der Waals surface area contributed by atoms with Crippen molar-refractivity contribution in [2.45, 2.75) is 24.8 Å². The highest BCUT2D eigenvalue weighted by Crippen LogP contribution is 2.24. The Balaban J connectivity index is 1.63. The van der Waals surface area contributed by atoms with Crippen molar-refractivity contribution in [2.75, 3.05) is 11.9 Å². The number of nitrogens with zero attached hydrogens (tertiary/aromatic N) is 2. The van der Waals surface area contributed by atoms with Gasteiger partial charge >= 0.3 is 6.16 Å². The van der Waals surface area contributed by atoms with Gasteiger partial charge in [0.25, 0.3) is 0 Å². The first-order chi connectivity index (χ1) is 13.6. The van der Waals surface area contributed by atoms with E-state index in [-0.39, 0.29) is 6.61 Å². The molecule has 0 aliphatic heterocycles. The molecule has 0 radical (unpaired) electrons. The van der Waals surface area contributed by atoms with Crippen molar-refractivity contribution in [1.82, 2.24) is 9.97 Å². The minimum atomic E-state index is -0.713. The number of nitrogens with one attached hydrogen (secondary N) is 1. The molecule has 0 saturated heterocycles. The topological polar surface area (TPSA) is 73.3 Å². The first-order valence-corrected chi connectivity index (χ1v) is 9.85. The van der Waals surface area contributed by atoms with Gasteiger partial charge < -0.3 is 14.8 Å². The number of aryl methyl sites for hydroxylation is 1. The van der Waals surface area contributed by atoms with Crippen molar-refractivity contribution in [3.63, 3.8) is 0 Å². The van der Waals surface area contributed by atoms with Gasteiger partial charge in [-0.1, -0.05) is 42.1 Å². The van der Waals surface area contributed by atoms with Gasteiger partial charge in [-0.3, -0.25) is 0 Å². The summed E-state index contributed by atoms with van der Waals surface area (Å²) in [6.07, 6.45) is -0.713. The predicted octanol–water partition coefficient (Wildman–Crippen LogP) is 5.36. The largest absolute Gasteiger partial charge is 0.513 e. The average molecular weight is 395 g/mol. The SMILES string of the molecule is CCOC(=O)Oc1ccc(Nc2cc(C)nc(SCc3ccccc3)n2)cc1. The predicted molar refractivity (Wildman–Crippen MR) is 110 cm³/mol. The lowest BCUT2D eigenvalue weighted by atomic mass is 10.2. The second-order valence-electron chi connectivity index (χ2n) is 5.89. The highest BCUT2D eigenvalue weighted by atomic mass is 32.2. The molecule has 1 heterocycles. The minimum absolute atomic E-state index is 0.274. The molecule has 0 saturated carbocycles. The number of thioether (sulfide) groups is 1. The van der Waals surface area contributed by atoms with E-state index in [9.17, 15) is 4.79 Å². The van der Waals surface area contributed by atoms with E-state index in [1.54, 1.807) is 30.8 Å². The van der Waals surface area contributed by atoms with Gasteiger partial charge in [0.15, 0.2) is 5.16 Å². The number of ether oxygens (including phenoxy) is 2. The van der Waals surface area contributed by atoms with Crippen LogP contribution in [0.2, 0.25) is 0 Å². The van der Waals surface area contributed by atoms with Crippen LogP contribution in [0, 0.1) is 6.92 Å². The quantitative estimate of drug-likeness (QED) is 0.250. The number of hydrogen-bond donors (Lipinski definition) is 1. The molecule has 0 aliphatic carbocycles. The summed E-state index contributed by atoms with van der Waals surface area (Å²) in [5.74, 6) is 1.94. The Morgan fingerprint density at radius 1 is 1.07 bits per heavy atom. The van der Waals surface area contributed by atoms with E-state index >= 15 is 0 Å². The fourth-order valence-electron chi connectivity index (χ4n) is 2.39. The van der Waals surface area contributed by atoms with Gasteiger partial charge in [0.2, 0.25) is 0 Å². The van der Waals surface area contributed by atoms with Gasteiger partial charge in [-0.05, 0) is 43.7 Å². The molecule has 0 spiro atoms. The molecule has 2 aromatic carbocycles. The third-order valence-electron chi connectivity index (χ3n) is 3.63. The number of hydrogen-bond acceptors (Lipinski definition) is 7. The standard InChI is InChI=1S/C21H21N3O3S/c1-3-26-21(25)27-18-11-9-17(10-12-18)23-19-13-15(2)22-20(24-19)28-14-16-7-5-4-6-8-16/h4-13H,3,14H2,1-2H3,(H,22,23,24). The molecule has 0 fully saturated rings. The van der Waals surface area contributed by atoms with Crippen LogP contribution in [0.4, 0.5) is 16.3 Å². The molecule has 0 aliphatic rings. The molecule has 6 nitrogen and oxygen atoms in total. The molecule has 7 heteroatoms. The van der Waals surface area contributed by atoms with Crippen molar-refractivity contribution in [3.05, 3.63) is 71.9 Å². The summed E-state index contributed by atoms with van der Waals surface area (Å²) in [7, 11) is 0. The zero-order valence-electron chi connectivity index (χ0n) is 15.7. The monoisotopic (exact) mass is 395 g/mol. The summed E-state index contributed by atoms with van der Waals surface area (Å²) < 4.78 is 9.81. The first kappa shape index (κ1) is 19.7. The Morgan fingerprint density at radius 2 is 1.82 bits per heavy atom. The Bertz CT molecular complexity index is 918. The van der Waals surface area contributed by atoms with Crippen LogP contribution in [-0.4, -0.2) is 22.7 Å². The molecule has 3 rings (SSSR count). The molecule has 0 amide bonds. The van der Waals surface area contributed by atoms with Gasteiger partial charge in [0.05, 0.1) is 6.61 Å². The number of anilines is 2. The van der Waals surface area contributed by atoms with Gasteiger partial charge in [-0.15, -0.1) is 0 Å². The maximum atomic E-state index is 11.3. The van der Waals surface area contributed by atoms with E-state index in [0.29, 0.717) is 16.7 Å². The van der Waals surface area contributed by atoms with E-state index in [0.717, 1.165) is 17.1 Å². The molecular formula is C21H21N3O3S. The maximum Gasteiger partial charge on any atom is 0.513 e. The van der Waals surface area contributed by atoms with Crippen LogP contribution < -0.4 is 10.1 Å². The first-order valence-electron chi connectivity index (χ1n) is 8.86. The van der Waals surface area contributed by atoms with Crippen LogP contribution in [0.3, 0.4) is 0 Å². The van der Waals surface area contributed by atoms with Crippen LogP contribution in [0.1, 0.15) is 18.2 Å². The fraction of sp³-hybridized carbons (Fsp3) is 0.190. The molecule has 0 bridgehead atoms. The Kier molecular flexibility index (Phi) is 6.86.